The fourth-order valence-electron chi connectivity index (χ4n) is 2.78. The molecule has 0 N–H and O–H groups in total. The first-order valence-electron chi connectivity index (χ1n) is 7.22. The summed E-state index contributed by atoms with van der Waals surface area (Å²) in [7, 11) is 0. The molecule has 2 aromatic rings. The van der Waals surface area contributed by atoms with Gasteiger partial charge in [0.05, 0.1) is 11.6 Å². The summed E-state index contributed by atoms with van der Waals surface area (Å²) in [6.07, 6.45) is 5.36. The molecule has 1 atom stereocenters. The fraction of sp³-hybridized carbons (Fsp3) is 0.412. The second-order valence-electron chi connectivity index (χ2n) is 5.93. The van der Waals surface area contributed by atoms with E-state index in [9.17, 15) is 4.79 Å². The molecule has 0 amide bonds. The number of nitrogens with zero attached hydrogens (tertiary/aromatic N) is 2. The van der Waals surface area contributed by atoms with Crippen molar-refractivity contribution >= 4 is 6.29 Å². The van der Waals surface area contributed by atoms with E-state index in [1.165, 1.54) is 18.4 Å². The minimum atomic E-state index is 0.383. The van der Waals surface area contributed by atoms with Gasteiger partial charge in [0.15, 0.2) is 6.29 Å². The van der Waals surface area contributed by atoms with Gasteiger partial charge >= 0.3 is 0 Å². The number of benzene rings is 1. The summed E-state index contributed by atoms with van der Waals surface area (Å²) in [5, 5.41) is 4.69. The molecule has 1 aliphatic rings. The van der Waals surface area contributed by atoms with Gasteiger partial charge in [0.1, 0.15) is 5.69 Å². The van der Waals surface area contributed by atoms with Crippen molar-refractivity contribution in [1.29, 1.82) is 0 Å². The molecular weight excluding hydrogens is 248 g/mol. The van der Waals surface area contributed by atoms with Crippen LogP contribution in [0, 0.1) is 19.8 Å². The summed E-state index contributed by atoms with van der Waals surface area (Å²) < 4.78 is 1.97. The molecule has 1 heterocycles. The number of carbonyl (C=O) groups is 1. The van der Waals surface area contributed by atoms with Crippen LogP contribution < -0.4 is 0 Å². The van der Waals surface area contributed by atoms with Gasteiger partial charge in [0.2, 0.25) is 0 Å². The highest BCUT2D eigenvalue weighted by molar-refractivity contribution is 5.86. The highest BCUT2D eigenvalue weighted by Gasteiger charge is 2.30. The van der Waals surface area contributed by atoms with Crippen molar-refractivity contribution in [3.05, 3.63) is 41.1 Å². The Morgan fingerprint density at radius 3 is 2.70 bits per heavy atom. The number of hydrogen-bond acceptors (Lipinski definition) is 2. The van der Waals surface area contributed by atoms with Crippen molar-refractivity contribution < 1.29 is 4.79 Å². The maximum Gasteiger partial charge on any atom is 0.153 e. The lowest BCUT2D eigenvalue weighted by Gasteiger charge is -2.10. The maximum atomic E-state index is 11.3. The highest BCUT2D eigenvalue weighted by atomic mass is 16.1. The third-order valence-electron chi connectivity index (χ3n) is 4.25. The zero-order valence-electron chi connectivity index (χ0n) is 12.3. The lowest BCUT2D eigenvalue weighted by atomic mass is 10.0. The quantitative estimate of drug-likeness (QED) is 0.787. The van der Waals surface area contributed by atoms with E-state index in [1.54, 1.807) is 0 Å². The van der Waals surface area contributed by atoms with Crippen molar-refractivity contribution in [2.45, 2.75) is 39.7 Å². The monoisotopic (exact) mass is 268 g/mol. The minimum Gasteiger partial charge on any atom is -0.298 e. The van der Waals surface area contributed by atoms with Crippen molar-refractivity contribution in [1.82, 2.24) is 9.78 Å². The van der Waals surface area contributed by atoms with Gasteiger partial charge in [-0.25, -0.2) is 0 Å². The molecule has 3 nitrogen and oxygen atoms in total. The van der Waals surface area contributed by atoms with E-state index in [1.807, 2.05) is 10.9 Å². The van der Waals surface area contributed by atoms with Gasteiger partial charge in [-0.05, 0) is 45.1 Å². The average molecular weight is 268 g/mol. The molecule has 0 bridgehead atoms. The van der Waals surface area contributed by atoms with E-state index in [-0.39, 0.29) is 0 Å². The molecule has 20 heavy (non-hydrogen) atoms. The molecule has 3 rings (SSSR count). The first kappa shape index (κ1) is 13.1. The van der Waals surface area contributed by atoms with Crippen LogP contribution in [0.15, 0.2) is 24.4 Å². The number of rotatable bonds is 4. The van der Waals surface area contributed by atoms with Crippen LogP contribution in [0.25, 0.3) is 11.3 Å². The predicted molar refractivity (Wildman–Crippen MR) is 80.0 cm³/mol. The second-order valence-corrected chi connectivity index (χ2v) is 5.93. The van der Waals surface area contributed by atoms with E-state index < -0.39 is 0 Å². The molecule has 1 fully saturated rings. The summed E-state index contributed by atoms with van der Waals surface area (Å²) in [4.78, 5) is 11.3. The van der Waals surface area contributed by atoms with E-state index in [0.29, 0.717) is 11.6 Å². The number of carbonyl (C=O) groups excluding carboxylic acids is 1. The Morgan fingerprint density at radius 1 is 1.35 bits per heavy atom. The molecule has 0 spiro atoms. The molecule has 1 saturated carbocycles. The fourth-order valence-corrected chi connectivity index (χ4v) is 2.78. The smallest absolute Gasteiger partial charge is 0.153 e. The van der Waals surface area contributed by atoms with Crippen LogP contribution in [-0.2, 0) is 0 Å². The number of aromatic nitrogens is 2. The molecule has 1 aromatic heterocycles. The zero-order chi connectivity index (χ0) is 14.3. The first-order valence-corrected chi connectivity index (χ1v) is 7.22. The summed E-state index contributed by atoms with van der Waals surface area (Å²) in [5.41, 5.74) is 4.94. The van der Waals surface area contributed by atoms with Crippen LogP contribution in [0.4, 0.5) is 0 Å². The lowest BCUT2D eigenvalue weighted by molar-refractivity contribution is 0.112. The summed E-state index contributed by atoms with van der Waals surface area (Å²) >= 11 is 0. The largest absolute Gasteiger partial charge is 0.298 e. The van der Waals surface area contributed by atoms with Crippen LogP contribution in [0.1, 0.15) is 47.3 Å². The number of aldehydes is 1. The van der Waals surface area contributed by atoms with Crippen LogP contribution in [0.5, 0.6) is 0 Å². The van der Waals surface area contributed by atoms with Crippen LogP contribution in [0.2, 0.25) is 0 Å². The van der Waals surface area contributed by atoms with Crippen LogP contribution >= 0.6 is 0 Å². The van der Waals surface area contributed by atoms with Gasteiger partial charge in [0.25, 0.3) is 0 Å². The highest BCUT2D eigenvalue weighted by Crippen LogP contribution is 2.39. The van der Waals surface area contributed by atoms with Gasteiger partial charge in [-0.2, -0.15) is 5.10 Å². The minimum absolute atomic E-state index is 0.383. The number of aryl methyl sites for hydroxylation is 2. The second kappa shape index (κ2) is 4.89. The Labute approximate surface area is 119 Å². The molecule has 104 valence electrons. The Morgan fingerprint density at radius 2 is 2.10 bits per heavy atom. The Balaban J connectivity index is 2.05. The predicted octanol–water partition coefficient (Wildman–Crippen LogP) is 3.95. The number of hydrogen-bond donors (Lipinski definition) is 0. The van der Waals surface area contributed by atoms with Gasteiger partial charge in [-0.1, -0.05) is 23.8 Å². The Kier molecular flexibility index (Phi) is 3.20. The molecule has 3 heteroatoms. The topological polar surface area (TPSA) is 34.9 Å². The lowest BCUT2D eigenvalue weighted by Crippen LogP contribution is -2.07. The molecule has 0 aliphatic heterocycles. The Hall–Kier alpha value is -1.90. The molecular formula is C17H20N2O. The van der Waals surface area contributed by atoms with Gasteiger partial charge in [-0.3, -0.25) is 9.48 Å². The van der Waals surface area contributed by atoms with Gasteiger partial charge in [-0.15, -0.1) is 0 Å². The Bertz CT molecular complexity index is 653. The zero-order valence-corrected chi connectivity index (χ0v) is 12.3. The molecule has 0 radical (unpaired) electrons. The third-order valence-corrected chi connectivity index (χ3v) is 4.25. The van der Waals surface area contributed by atoms with Crippen molar-refractivity contribution in [2.24, 2.45) is 5.92 Å². The molecule has 1 unspecified atom stereocenters. The SMILES string of the molecule is Cc1ccc(-c2nn(C(C)C3CC3)cc2C=O)c(C)c1. The molecule has 0 saturated heterocycles. The van der Waals surface area contributed by atoms with E-state index >= 15 is 0 Å². The summed E-state index contributed by atoms with van der Waals surface area (Å²) in [5.74, 6) is 0.723. The van der Waals surface area contributed by atoms with E-state index in [4.69, 9.17) is 0 Å². The van der Waals surface area contributed by atoms with Crippen LogP contribution in [-0.4, -0.2) is 16.1 Å². The van der Waals surface area contributed by atoms with E-state index in [0.717, 1.165) is 29.0 Å². The van der Waals surface area contributed by atoms with Crippen LogP contribution in [0.3, 0.4) is 0 Å². The molecule has 1 aliphatic carbocycles. The van der Waals surface area contributed by atoms with Gasteiger partial charge in [0, 0.05) is 11.8 Å². The average Bonchev–Trinajstić information content (AvgIpc) is 3.18. The van der Waals surface area contributed by atoms with Crippen molar-refractivity contribution in [3.63, 3.8) is 0 Å². The standard InChI is InChI=1S/C17H20N2O/c1-11-4-7-16(12(2)8-11)17-15(10-20)9-19(18-17)13(3)14-5-6-14/h4,7-10,13-14H,5-6H2,1-3H3. The van der Waals surface area contributed by atoms with Gasteiger partial charge < -0.3 is 0 Å². The maximum absolute atomic E-state index is 11.3. The summed E-state index contributed by atoms with van der Waals surface area (Å²) in [6.45, 7) is 6.33. The van der Waals surface area contributed by atoms with E-state index in [2.05, 4.69) is 44.1 Å². The third kappa shape index (κ3) is 2.28. The van der Waals surface area contributed by atoms with Crippen molar-refractivity contribution in [3.8, 4) is 11.3 Å². The van der Waals surface area contributed by atoms with Crippen molar-refractivity contribution in [2.75, 3.05) is 0 Å². The normalized spacial score (nSPS) is 16.1. The first-order chi connectivity index (χ1) is 9.60. The summed E-state index contributed by atoms with van der Waals surface area (Å²) in [6, 6.07) is 6.65. The molecule has 1 aromatic carbocycles.